The summed E-state index contributed by atoms with van der Waals surface area (Å²) in [6, 6.07) is 1.49. The number of benzene rings is 1. The average Bonchev–Trinajstić information content (AvgIpc) is 3.03. The van der Waals surface area contributed by atoms with Crippen LogP contribution in [0.4, 0.5) is 17.6 Å². The summed E-state index contributed by atoms with van der Waals surface area (Å²) >= 11 is 6.47. The van der Waals surface area contributed by atoms with Crippen molar-refractivity contribution < 1.29 is 32.6 Å². The fourth-order valence-electron chi connectivity index (χ4n) is 2.57. The molecular weight excluding hydrogens is 440 g/mol. The highest BCUT2D eigenvalue weighted by Gasteiger charge is 2.39. The first kappa shape index (κ1) is 20.8. The fourth-order valence-corrected chi connectivity index (χ4v) is 3.57. The van der Waals surface area contributed by atoms with E-state index in [0.29, 0.717) is 22.5 Å². The molecule has 0 spiro atoms. The molecule has 0 bridgehead atoms. The van der Waals surface area contributed by atoms with Crippen LogP contribution in [0, 0.1) is 12.7 Å². The van der Waals surface area contributed by atoms with Gasteiger partial charge in [0.2, 0.25) is 11.2 Å². The molecule has 0 aliphatic carbocycles. The number of aromatic nitrogens is 2. The molecule has 29 heavy (non-hydrogen) atoms. The third-order valence-corrected chi connectivity index (χ3v) is 5.09. The van der Waals surface area contributed by atoms with Crippen molar-refractivity contribution in [2.45, 2.75) is 13.1 Å². The number of carboxylic acid groups (broad SMARTS) is 1. The lowest BCUT2D eigenvalue weighted by molar-refractivity contribution is -0.119. The number of aryl methyl sites for hydroxylation is 1. The molecular formula is C17H9ClF4N2O4S. The highest BCUT2D eigenvalue weighted by atomic mass is 35.5. The number of thiazole rings is 1. The smallest absolute Gasteiger partial charge is 0.451 e. The Morgan fingerprint density at radius 1 is 1.28 bits per heavy atom. The van der Waals surface area contributed by atoms with Gasteiger partial charge in [0, 0.05) is 22.7 Å². The number of allylic oxidation sites excluding steroid dienone is 1. The molecule has 152 valence electrons. The number of rotatable bonds is 3. The van der Waals surface area contributed by atoms with Gasteiger partial charge in [0.05, 0.1) is 10.5 Å². The molecule has 1 aromatic carbocycles. The zero-order valence-corrected chi connectivity index (χ0v) is 15.8. The summed E-state index contributed by atoms with van der Waals surface area (Å²) in [4.78, 5) is 27.8. The number of halogens is 5. The summed E-state index contributed by atoms with van der Waals surface area (Å²) in [7, 11) is 0. The zero-order chi connectivity index (χ0) is 21.7. The maximum absolute atomic E-state index is 13.9. The summed E-state index contributed by atoms with van der Waals surface area (Å²) in [5, 5.41) is 19.2. The first-order chi connectivity index (χ1) is 13.4. The molecule has 0 atom stereocenters. The largest absolute Gasteiger partial charge is 0.503 e. The number of fused-ring (bicyclic) bond motifs is 1. The Hall–Kier alpha value is -2.92. The van der Waals surface area contributed by atoms with Crippen molar-refractivity contribution in [3.05, 3.63) is 66.8 Å². The molecule has 0 amide bonds. The Balaban J connectivity index is 2.57. The monoisotopic (exact) mass is 448 g/mol. The highest BCUT2D eigenvalue weighted by molar-refractivity contribution is 7.10. The van der Waals surface area contributed by atoms with Crippen LogP contribution in [0.2, 0.25) is 5.02 Å². The molecule has 6 nitrogen and oxygen atoms in total. The first-order valence-corrected chi connectivity index (χ1v) is 8.88. The van der Waals surface area contributed by atoms with Gasteiger partial charge in [-0.1, -0.05) is 11.6 Å². The lowest BCUT2D eigenvalue weighted by Crippen LogP contribution is -2.22. The first-order valence-electron chi connectivity index (χ1n) is 7.62. The summed E-state index contributed by atoms with van der Waals surface area (Å²) in [5.41, 5.74) is -2.98. The van der Waals surface area contributed by atoms with Crippen LogP contribution in [0.5, 0.6) is 0 Å². The Morgan fingerprint density at radius 3 is 2.45 bits per heavy atom. The van der Waals surface area contributed by atoms with E-state index in [1.165, 1.54) is 12.3 Å². The van der Waals surface area contributed by atoms with Crippen molar-refractivity contribution in [3.8, 4) is 0 Å². The molecule has 3 rings (SSSR count). The molecule has 0 aliphatic heterocycles. The predicted molar refractivity (Wildman–Crippen MR) is 98.0 cm³/mol. The van der Waals surface area contributed by atoms with Gasteiger partial charge in [-0.15, -0.1) is 11.3 Å². The molecule has 0 unspecified atom stereocenters. The van der Waals surface area contributed by atoms with Gasteiger partial charge in [-0.25, -0.2) is 14.2 Å². The SMILES string of the molecule is Cc1csc(/C(=C(/O)C(F)(F)F)n2cc(C(=O)O)c(=O)c3cc(F)c(Cl)cc32)n1. The van der Waals surface area contributed by atoms with Crippen LogP contribution in [0.1, 0.15) is 21.1 Å². The van der Waals surface area contributed by atoms with Gasteiger partial charge >= 0.3 is 12.1 Å². The fraction of sp³-hybridized carbons (Fsp3) is 0.118. The Kier molecular flexibility index (Phi) is 5.13. The van der Waals surface area contributed by atoms with Gasteiger partial charge < -0.3 is 14.8 Å². The minimum atomic E-state index is -5.22. The van der Waals surface area contributed by atoms with E-state index in [1.807, 2.05) is 0 Å². The van der Waals surface area contributed by atoms with Gasteiger partial charge in [0.15, 0.2) is 0 Å². The van der Waals surface area contributed by atoms with Crippen molar-refractivity contribution in [2.24, 2.45) is 0 Å². The number of pyridine rings is 1. The Bertz CT molecular complexity index is 1250. The van der Waals surface area contributed by atoms with Gasteiger partial charge in [0.1, 0.15) is 22.1 Å². The van der Waals surface area contributed by atoms with Gasteiger partial charge in [-0.2, -0.15) is 13.2 Å². The Morgan fingerprint density at radius 2 is 1.93 bits per heavy atom. The van der Waals surface area contributed by atoms with Crippen LogP contribution in [-0.2, 0) is 0 Å². The number of carbonyl (C=O) groups is 1. The van der Waals surface area contributed by atoms with Crippen LogP contribution >= 0.6 is 22.9 Å². The number of aliphatic hydroxyl groups excluding tert-OH is 1. The molecule has 0 saturated carbocycles. The van der Waals surface area contributed by atoms with E-state index in [4.69, 9.17) is 11.6 Å². The van der Waals surface area contributed by atoms with E-state index in [-0.39, 0.29) is 10.5 Å². The van der Waals surface area contributed by atoms with Crippen molar-refractivity contribution in [1.29, 1.82) is 0 Å². The third-order valence-electron chi connectivity index (χ3n) is 3.83. The molecule has 2 N–H and O–H groups in total. The van der Waals surface area contributed by atoms with Gasteiger partial charge in [0.25, 0.3) is 0 Å². The minimum absolute atomic E-state index is 0.306. The Labute approximate surface area is 167 Å². The van der Waals surface area contributed by atoms with Crippen molar-refractivity contribution in [2.75, 3.05) is 0 Å². The number of aromatic carboxylic acids is 1. The third kappa shape index (κ3) is 3.70. The van der Waals surface area contributed by atoms with E-state index in [2.05, 4.69) is 4.98 Å². The molecule has 0 fully saturated rings. The second kappa shape index (κ2) is 7.16. The lowest BCUT2D eigenvalue weighted by atomic mass is 10.1. The number of hydrogen-bond donors (Lipinski definition) is 2. The van der Waals surface area contributed by atoms with E-state index in [1.54, 1.807) is 0 Å². The van der Waals surface area contributed by atoms with Crippen molar-refractivity contribution in [3.63, 3.8) is 0 Å². The predicted octanol–water partition coefficient (Wildman–Crippen LogP) is 4.59. The minimum Gasteiger partial charge on any atom is -0.503 e. The molecule has 2 heterocycles. The van der Waals surface area contributed by atoms with Gasteiger partial charge in [-0.3, -0.25) is 4.79 Å². The van der Waals surface area contributed by atoms with Crippen molar-refractivity contribution >= 4 is 45.5 Å². The maximum atomic E-state index is 13.9. The van der Waals surface area contributed by atoms with E-state index in [0.717, 1.165) is 17.4 Å². The van der Waals surface area contributed by atoms with Crippen LogP contribution in [0.15, 0.2) is 34.3 Å². The van der Waals surface area contributed by atoms with E-state index >= 15 is 0 Å². The summed E-state index contributed by atoms with van der Waals surface area (Å²) in [6.45, 7) is 1.50. The molecule has 3 aromatic rings. The maximum Gasteiger partial charge on any atom is 0.451 e. The molecule has 0 aliphatic rings. The summed E-state index contributed by atoms with van der Waals surface area (Å²) in [6.07, 6.45) is -4.62. The van der Waals surface area contributed by atoms with Crippen molar-refractivity contribution in [1.82, 2.24) is 9.55 Å². The van der Waals surface area contributed by atoms with Gasteiger partial charge in [-0.05, 0) is 19.1 Å². The quantitative estimate of drug-likeness (QED) is 0.451. The normalized spacial score (nSPS) is 12.9. The molecule has 2 aromatic heterocycles. The number of carboxylic acids is 1. The van der Waals surface area contributed by atoms with Crippen LogP contribution in [0.3, 0.4) is 0 Å². The standard InChI is InChI=1S/C17H9ClF4N2O4S/c1-6-5-29-15(23-6)12(14(26)17(20,21)22)24-4-8(16(27)28)13(25)7-2-10(19)9(18)3-11(7)24/h2-5,26H,1H3,(H,27,28)/b14-12-. The van der Waals surface area contributed by atoms with Crippen LogP contribution in [0.25, 0.3) is 16.6 Å². The summed E-state index contributed by atoms with van der Waals surface area (Å²) < 4.78 is 54.6. The number of hydrogen-bond acceptors (Lipinski definition) is 5. The van der Waals surface area contributed by atoms with E-state index < -0.39 is 50.8 Å². The van der Waals surface area contributed by atoms with Crippen LogP contribution in [-0.4, -0.2) is 31.9 Å². The second-order valence-corrected chi connectivity index (χ2v) is 7.08. The average molecular weight is 449 g/mol. The topological polar surface area (TPSA) is 92.4 Å². The summed E-state index contributed by atoms with van der Waals surface area (Å²) in [5.74, 6) is -4.89. The molecule has 12 heteroatoms. The number of nitrogens with zero attached hydrogens (tertiary/aromatic N) is 2. The van der Waals surface area contributed by atoms with Crippen LogP contribution < -0.4 is 5.43 Å². The van der Waals surface area contributed by atoms with E-state index in [9.17, 15) is 37.4 Å². The lowest BCUT2D eigenvalue weighted by Gasteiger charge is -2.17. The molecule has 0 radical (unpaired) electrons. The zero-order valence-electron chi connectivity index (χ0n) is 14.2. The number of aliphatic hydroxyl groups is 1. The number of alkyl halides is 3. The second-order valence-electron chi connectivity index (χ2n) is 5.82. The highest BCUT2D eigenvalue weighted by Crippen LogP contribution is 2.35. The molecule has 0 saturated heterocycles.